The first-order valence-electron chi connectivity index (χ1n) is 6.45. The molecule has 2 atom stereocenters. The minimum atomic E-state index is -0.153. The van der Waals surface area contributed by atoms with Gasteiger partial charge in [-0.25, -0.2) is 4.39 Å². The van der Waals surface area contributed by atoms with Crippen molar-refractivity contribution in [2.24, 2.45) is 0 Å². The Morgan fingerprint density at radius 1 is 1.47 bits per heavy atom. The predicted octanol–water partition coefficient (Wildman–Crippen LogP) is 2.62. The highest BCUT2D eigenvalue weighted by Gasteiger charge is 2.18. The van der Waals surface area contributed by atoms with Gasteiger partial charge < -0.3 is 10.6 Å². The Kier molecular flexibility index (Phi) is 4.51. The summed E-state index contributed by atoms with van der Waals surface area (Å²) in [6, 6.07) is 7.70. The van der Waals surface area contributed by atoms with Crippen LogP contribution in [-0.2, 0) is 0 Å². The molecule has 1 heterocycles. The first kappa shape index (κ1) is 12.5. The van der Waals surface area contributed by atoms with Crippen LogP contribution < -0.4 is 10.6 Å². The molecule has 0 saturated carbocycles. The van der Waals surface area contributed by atoms with Gasteiger partial charge in [0.1, 0.15) is 5.82 Å². The van der Waals surface area contributed by atoms with Gasteiger partial charge in [-0.2, -0.15) is 0 Å². The maximum atomic E-state index is 13.2. The fraction of sp³-hybridized carbons (Fsp3) is 0.571. The van der Waals surface area contributed by atoms with Crippen LogP contribution in [0.4, 0.5) is 4.39 Å². The molecule has 1 aliphatic rings. The number of halogens is 1. The van der Waals surface area contributed by atoms with E-state index >= 15 is 0 Å². The molecule has 1 aliphatic heterocycles. The van der Waals surface area contributed by atoms with Gasteiger partial charge in [-0.15, -0.1) is 0 Å². The number of hydrogen-bond donors (Lipinski definition) is 2. The van der Waals surface area contributed by atoms with Crippen LogP contribution in [0, 0.1) is 5.82 Å². The number of rotatable bonds is 4. The number of nitrogens with one attached hydrogen (secondary N) is 2. The number of benzene rings is 1. The molecule has 1 aromatic carbocycles. The highest BCUT2D eigenvalue weighted by Crippen LogP contribution is 2.22. The van der Waals surface area contributed by atoms with Gasteiger partial charge in [0.05, 0.1) is 0 Å². The fourth-order valence-corrected chi connectivity index (χ4v) is 2.55. The van der Waals surface area contributed by atoms with Crippen molar-refractivity contribution in [3.8, 4) is 0 Å². The van der Waals surface area contributed by atoms with E-state index < -0.39 is 0 Å². The summed E-state index contributed by atoms with van der Waals surface area (Å²) in [6.07, 6.45) is 4.84. The Bertz CT molecular complexity index is 348. The summed E-state index contributed by atoms with van der Waals surface area (Å²) in [7, 11) is 1.94. The van der Waals surface area contributed by atoms with Gasteiger partial charge in [0.2, 0.25) is 0 Å². The van der Waals surface area contributed by atoms with Gasteiger partial charge in [0, 0.05) is 12.1 Å². The van der Waals surface area contributed by atoms with Crippen LogP contribution >= 0.6 is 0 Å². The van der Waals surface area contributed by atoms with Crippen molar-refractivity contribution >= 4 is 0 Å². The minimum absolute atomic E-state index is 0.153. The summed E-state index contributed by atoms with van der Waals surface area (Å²) in [5.41, 5.74) is 1.04. The molecule has 0 aliphatic carbocycles. The van der Waals surface area contributed by atoms with E-state index in [1.54, 1.807) is 12.1 Å². The molecular formula is C14H21FN2. The summed E-state index contributed by atoms with van der Waals surface area (Å²) in [4.78, 5) is 0. The standard InChI is InChI=1S/C14H21FN2/c1-16-14(10-13-7-2-3-8-17-13)11-5-4-6-12(15)9-11/h4-6,9,13-14,16-17H,2-3,7-8,10H2,1H3. The second-order valence-electron chi connectivity index (χ2n) is 4.78. The zero-order valence-corrected chi connectivity index (χ0v) is 10.4. The summed E-state index contributed by atoms with van der Waals surface area (Å²) < 4.78 is 13.2. The van der Waals surface area contributed by atoms with Gasteiger partial charge in [-0.3, -0.25) is 0 Å². The number of hydrogen-bond acceptors (Lipinski definition) is 2. The Balaban J connectivity index is 2.00. The molecule has 2 rings (SSSR count). The van der Waals surface area contributed by atoms with E-state index in [1.807, 2.05) is 13.1 Å². The first-order chi connectivity index (χ1) is 8.29. The second kappa shape index (κ2) is 6.12. The lowest BCUT2D eigenvalue weighted by Crippen LogP contribution is -2.37. The van der Waals surface area contributed by atoms with Crippen molar-refractivity contribution in [1.29, 1.82) is 0 Å². The third-order valence-corrected chi connectivity index (χ3v) is 3.53. The molecule has 1 aromatic rings. The first-order valence-corrected chi connectivity index (χ1v) is 6.45. The monoisotopic (exact) mass is 236 g/mol. The predicted molar refractivity (Wildman–Crippen MR) is 68.5 cm³/mol. The van der Waals surface area contributed by atoms with Crippen LogP contribution in [0.3, 0.4) is 0 Å². The molecule has 94 valence electrons. The molecular weight excluding hydrogens is 215 g/mol. The highest BCUT2D eigenvalue weighted by atomic mass is 19.1. The number of piperidine rings is 1. The molecule has 0 bridgehead atoms. The van der Waals surface area contributed by atoms with Crippen LogP contribution in [0.5, 0.6) is 0 Å². The lowest BCUT2D eigenvalue weighted by atomic mass is 9.94. The van der Waals surface area contributed by atoms with E-state index in [1.165, 1.54) is 25.3 Å². The van der Waals surface area contributed by atoms with Gasteiger partial charge in [-0.1, -0.05) is 18.6 Å². The third-order valence-electron chi connectivity index (χ3n) is 3.53. The molecule has 0 aromatic heterocycles. The van der Waals surface area contributed by atoms with E-state index in [2.05, 4.69) is 10.6 Å². The van der Waals surface area contributed by atoms with Crippen molar-refractivity contribution in [2.45, 2.75) is 37.8 Å². The Morgan fingerprint density at radius 2 is 2.35 bits per heavy atom. The largest absolute Gasteiger partial charge is 0.314 e. The van der Waals surface area contributed by atoms with E-state index in [9.17, 15) is 4.39 Å². The molecule has 1 fully saturated rings. The Morgan fingerprint density at radius 3 is 3.00 bits per heavy atom. The molecule has 2 nitrogen and oxygen atoms in total. The van der Waals surface area contributed by atoms with Crippen LogP contribution in [0.1, 0.15) is 37.3 Å². The molecule has 3 heteroatoms. The van der Waals surface area contributed by atoms with Gasteiger partial charge in [0.15, 0.2) is 0 Å². The molecule has 0 radical (unpaired) electrons. The SMILES string of the molecule is CNC(CC1CCCCN1)c1cccc(F)c1. The summed E-state index contributed by atoms with van der Waals surface area (Å²) in [6.45, 7) is 1.12. The molecule has 2 N–H and O–H groups in total. The van der Waals surface area contributed by atoms with E-state index in [-0.39, 0.29) is 11.9 Å². The van der Waals surface area contributed by atoms with Gasteiger partial charge in [0.25, 0.3) is 0 Å². The average Bonchev–Trinajstić information content (AvgIpc) is 2.37. The summed E-state index contributed by atoms with van der Waals surface area (Å²) >= 11 is 0. The Labute approximate surface area is 103 Å². The zero-order valence-electron chi connectivity index (χ0n) is 10.4. The Hall–Kier alpha value is -0.930. The highest BCUT2D eigenvalue weighted by molar-refractivity contribution is 5.20. The third kappa shape index (κ3) is 3.51. The average molecular weight is 236 g/mol. The smallest absolute Gasteiger partial charge is 0.123 e. The van der Waals surface area contributed by atoms with Gasteiger partial charge >= 0.3 is 0 Å². The van der Waals surface area contributed by atoms with E-state index in [0.29, 0.717) is 6.04 Å². The molecule has 0 spiro atoms. The van der Waals surface area contributed by atoms with Crippen molar-refractivity contribution in [3.05, 3.63) is 35.6 Å². The summed E-state index contributed by atoms with van der Waals surface area (Å²) in [5.74, 6) is -0.153. The zero-order chi connectivity index (χ0) is 12.1. The van der Waals surface area contributed by atoms with E-state index in [4.69, 9.17) is 0 Å². The normalized spacial score (nSPS) is 22.4. The van der Waals surface area contributed by atoms with Crippen LogP contribution in [0.15, 0.2) is 24.3 Å². The van der Waals surface area contributed by atoms with Crippen molar-refractivity contribution < 1.29 is 4.39 Å². The van der Waals surface area contributed by atoms with E-state index in [0.717, 1.165) is 18.5 Å². The maximum Gasteiger partial charge on any atom is 0.123 e. The fourth-order valence-electron chi connectivity index (χ4n) is 2.55. The van der Waals surface area contributed by atoms with Crippen molar-refractivity contribution in [3.63, 3.8) is 0 Å². The minimum Gasteiger partial charge on any atom is -0.314 e. The van der Waals surface area contributed by atoms with Crippen molar-refractivity contribution in [2.75, 3.05) is 13.6 Å². The molecule has 2 unspecified atom stereocenters. The summed E-state index contributed by atoms with van der Waals surface area (Å²) in [5, 5.41) is 6.82. The molecule has 17 heavy (non-hydrogen) atoms. The maximum absolute atomic E-state index is 13.2. The van der Waals surface area contributed by atoms with Crippen LogP contribution in [-0.4, -0.2) is 19.6 Å². The quantitative estimate of drug-likeness (QED) is 0.839. The topological polar surface area (TPSA) is 24.1 Å². The molecule has 0 amide bonds. The van der Waals surface area contributed by atoms with Crippen molar-refractivity contribution in [1.82, 2.24) is 10.6 Å². The lowest BCUT2D eigenvalue weighted by Gasteiger charge is -2.27. The van der Waals surface area contributed by atoms with Crippen LogP contribution in [0.2, 0.25) is 0 Å². The lowest BCUT2D eigenvalue weighted by molar-refractivity contribution is 0.346. The second-order valence-corrected chi connectivity index (χ2v) is 4.78. The molecule has 1 saturated heterocycles. The van der Waals surface area contributed by atoms with Gasteiger partial charge in [-0.05, 0) is 50.6 Å². The van der Waals surface area contributed by atoms with Crippen LogP contribution in [0.25, 0.3) is 0 Å².